The van der Waals surface area contributed by atoms with Crippen molar-refractivity contribution >= 4 is 11.6 Å². The number of aromatic nitrogens is 4. The second-order valence-corrected chi connectivity index (χ2v) is 6.26. The number of aromatic hydroxyl groups is 1. The van der Waals surface area contributed by atoms with Gasteiger partial charge in [0, 0.05) is 16.7 Å². The highest BCUT2D eigenvalue weighted by molar-refractivity contribution is 6.08. The van der Waals surface area contributed by atoms with Crippen LogP contribution in [0.5, 0.6) is 5.75 Å². The van der Waals surface area contributed by atoms with Crippen LogP contribution >= 0.6 is 0 Å². The number of benzene rings is 2. The van der Waals surface area contributed by atoms with Crippen molar-refractivity contribution < 1.29 is 14.3 Å². The minimum Gasteiger partial charge on any atom is -0.507 e. The number of hydrazone groups is 1. The summed E-state index contributed by atoms with van der Waals surface area (Å²) in [6.45, 7) is 1.85. The number of amides is 1. The van der Waals surface area contributed by atoms with E-state index < -0.39 is 5.91 Å². The fourth-order valence-electron chi connectivity index (χ4n) is 3.19. The molecule has 1 amide bonds. The molecule has 1 aliphatic rings. The van der Waals surface area contributed by atoms with Crippen molar-refractivity contribution in [1.82, 2.24) is 25.6 Å². The molecule has 1 aliphatic carbocycles. The number of carbonyl (C=O) groups excluding carboxylic acids is 1. The number of nitrogens with zero attached hydrogens (tertiary/aromatic N) is 5. The van der Waals surface area contributed by atoms with E-state index in [4.69, 9.17) is 0 Å². The third-order valence-corrected chi connectivity index (χ3v) is 4.49. The molecular formula is C18H15FN6O2. The van der Waals surface area contributed by atoms with Crippen LogP contribution in [-0.4, -0.2) is 36.9 Å². The summed E-state index contributed by atoms with van der Waals surface area (Å²) in [5.74, 6) is -0.972. The van der Waals surface area contributed by atoms with E-state index in [1.54, 1.807) is 24.3 Å². The van der Waals surface area contributed by atoms with Gasteiger partial charge in [0.25, 0.3) is 5.91 Å². The maximum absolute atomic E-state index is 14.0. The standard InChI is InChI=1S/C18H15FN6O2/c1-10-8-14(17-15(26)7-6-13(19)16(10)17)21-22-18(27)11-2-4-12(5-3-11)25-9-20-23-24-25/h2-7,9-10,26H,8H2,1H3,(H,22,27)/b21-14+/t10-/m0/s1. The highest BCUT2D eigenvalue weighted by atomic mass is 19.1. The molecule has 0 aliphatic heterocycles. The number of fused-ring (bicyclic) bond motifs is 1. The van der Waals surface area contributed by atoms with Crippen molar-refractivity contribution in [2.24, 2.45) is 5.10 Å². The molecule has 0 saturated carbocycles. The number of rotatable bonds is 3. The zero-order valence-corrected chi connectivity index (χ0v) is 14.3. The van der Waals surface area contributed by atoms with Crippen LogP contribution < -0.4 is 5.43 Å². The van der Waals surface area contributed by atoms with Crippen LogP contribution in [0, 0.1) is 5.82 Å². The average Bonchev–Trinajstić information content (AvgIpc) is 3.32. The topological polar surface area (TPSA) is 105 Å². The summed E-state index contributed by atoms with van der Waals surface area (Å²) in [5.41, 5.74) is 4.81. The van der Waals surface area contributed by atoms with Gasteiger partial charge in [0.15, 0.2) is 0 Å². The number of halogens is 1. The fourth-order valence-corrected chi connectivity index (χ4v) is 3.19. The Kier molecular flexibility index (Phi) is 4.11. The molecule has 1 heterocycles. The normalized spacial score (nSPS) is 17.1. The first-order valence-electron chi connectivity index (χ1n) is 8.26. The molecule has 1 aromatic heterocycles. The van der Waals surface area contributed by atoms with Crippen LogP contribution in [0.25, 0.3) is 5.69 Å². The number of phenolic OH excluding ortho intramolecular Hbond substituents is 1. The molecule has 0 saturated heterocycles. The molecular weight excluding hydrogens is 351 g/mol. The zero-order valence-electron chi connectivity index (χ0n) is 14.3. The van der Waals surface area contributed by atoms with Crippen LogP contribution in [0.3, 0.4) is 0 Å². The lowest BCUT2D eigenvalue weighted by atomic mass is 10.0. The van der Waals surface area contributed by atoms with E-state index in [9.17, 15) is 14.3 Å². The van der Waals surface area contributed by atoms with E-state index >= 15 is 0 Å². The van der Waals surface area contributed by atoms with Crippen LogP contribution in [-0.2, 0) is 0 Å². The molecule has 0 unspecified atom stereocenters. The largest absolute Gasteiger partial charge is 0.507 e. The summed E-state index contributed by atoms with van der Waals surface area (Å²) in [4.78, 5) is 12.3. The van der Waals surface area contributed by atoms with Crippen LogP contribution in [0.15, 0.2) is 47.8 Å². The van der Waals surface area contributed by atoms with Gasteiger partial charge in [0.2, 0.25) is 0 Å². The molecule has 0 fully saturated rings. The van der Waals surface area contributed by atoms with Gasteiger partial charge < -0.3 is 5.11 Å². The average molecular weight is 366 g/mol. The van der Waals surface area contributed by atoms with Crippen molar-refractivity contribution in [3.63, 3.8) is 0 Å². The number of hydrogen-bond donors (Lipinski definition) is 2. The Morgan fingerprint density at radius 2 is 2.07 bits per heavy atom. The Balaban J connectivity index is 1.54. The first-order valence-corrected chi connectivity index (χ1v) is 8.26. The first kappa shape index (κ1) is 16.8. The van der Waals surface area contributed by atoms with Gasteiger partial charge in [0.05, 0.1) is 11.4 Å². The lowest BCUT2D eigenvalue weighted by Gasteiger charge is -2.06. The minimum absolute atomic E-state index is 0.0467. The lowest BCUT2D eigenvalue weighted by Crippen LogP contribution is -2.19. The maximum atomic E-state index is 14.0. The Labute approximate surface area is 153 Å². The molecule has 9 heteroatoms. The van der Waals surface area contributed by atoms with E-state index in [-0.39, 0.29) is 17.5 Å². The van der Waals surface area contributed by atoms with E-state index in [2.05, 4.69) is 26.1 Å². The van der Waals surface area contributed by atoms with Gasteiger partial charge in [-0.25, -0.2) is 14.5 Å². The smallest absolute Gasteiger partial charge is 0.271 e. The quantitative estimate of drug-likeness (QED) is 0.691. The molecule has 1 atom stereocenters. The van der Waals surface area contributed by atoms with E-state index in [1.807, 2.05) is 6.92 Å². The van der Waals surface area contributed by atoms with E-state index in [0.717, 1.165) is 0 Å². The summed E-state index contributed by atoms with van der Waals surface area (Å²) in [6.07, 6.45) is 1.88. The molecule has 3 aromatic rings. The molecule has 0 bridgehead atoms. The molecule has 4 rings (SSSR count). The van der Waals surface area contributed by atoms with E-state index in [0.29, 0.717) is 34.5 Å². The predicted octanol–water partition coefficient (Wildman–Crippen LogP) is 2.15. The van der Waals surface area contributed by atoms with Crippen molar-refractivity contribution in [1.29, 1.82) is 0 Å². The maximum Gasteiger partial charge on any atom is 0.271 e. The highest BCUT2D eigenvalue weighted by Gasteiger charge is 2.30. The van der Waals surface area contributed by atoms with Gasteiger partial charge in [-0.3, -0.25) is 4.79 Å². The van der Waals surface area contributed by atoms with Gasteiger partial charge in [0.1, 0.15) is 17.9 Å². The van der Waals surface area contributed by atoms with E-state index in [1.165, 1.54) is 23.1 Å². The molecule has 2 aromatic carbocycles. The third kappa shape index (κ3) is 3.03. The van der Waals surface area contributed by atoms with Gasteiger partial charge in [-0.2, -0.15) is 5.10 Å². The molecule has 0 spiro atoms. The number of carbonyl (C=O) groups is 1. The Bertz CT molecular complexity index is 1030. The molecule has 27 heavy (non-hydrogen) atoms. The van der Waals surface area contributed by atoms with Gasteiger partial charge in [-0.15, -0.1) is 5.10 Å². The Morgan fingerprint density at radius 3 is 2.78 bits per heavy atom. The number of hydrogen-bond acceptors (Lipinski definition) is 6. The number of nitrogens with one attached hydrogen (secondary N) is 1. The first-order chi connectivity index (χ1) is 13.0. The van der Waals surface area contributed by atoms with Crippen molar-refractivity contribution in [2.45, 2.75) is 19.3 Å². The zero-order chi connectivity index (χ0) is 19.0. The summed E-state index contributed by atoms with van der Waals surface area (Å²) in [6, 6.07) is 9.17. The molecule has 8 nitrogen and oxygen atoms in total. The Morgan fingerprint density at radius 1 is 1.30 bits per heavy atom. The van der Waals surface area contributed by atoms with Crippen molar-refractivity contribution in [2.75, 3.05) is 0 Å². The summed E-state index contributed by atoms with van der Waals surface area (Å²) < 4.78 is 15.5. The van der Waals surface area contributed by atoms with Gasteiger partial charge >= 0.3 is 0 Å². The fraction of sp³-hybridized carbons (Fsp3) is 0.167. The van der Waals surface area contributed by atoms with Gasteiger partial charge in [-0.05, 0) is 59.2 Å². The lowest BCUT2D eigenvalue weighted by molar-refractivity contribution is 0.0954. The highest BCUT2D eigenvalue weighted by Crippen LogP contribution is 2.39. The SMILES string of the molecule is C[C@H]1C/C(=N\NC(=O)c2ccc(-n3cnnn3)cc2)c2c(O)ccc(F)c21. The number of tetrazole rings is 1. The number of phenols is 1. The second-order valence-electron chi connectivity index (χ2n) is 6.26. The summed E-state index contributed by atoms with van der Waals surface area (Å²) in [5, 5.41) is 25.1. The predicted molar refractivity (Wildman–Crippen MR) is 94.3 cm³/mol. The van der Waals surface area contributed by atoms with Crippen LogP contribution in [0.4, 0.5) is 4.39 Å². The molecule has 136 valence electrons. The summed E-state index contributed by atoms with van der Waals surface area (Å²) >= 11 is 0. The molecule has 2 N–H and O–H groups in total. The van der Waals surface area contributed by atoms with Crippen LogP contribution in [0.1, 0.15) is 40.7 Å². The molecule has 0 radical (unpaired) electrons. The van der Waals surface area contributed by atoms with Crippen LogP contribution in [0.2, 0.25) is 0 Å². The third-order valence-electron chi connectivity index (χ3n) is 4.49. The minimum atomic E-state index is -0.414. The van der Waals surface area contributed by atoms with Crippen molar-refractivity contribution in [3.05, 3.63) is 65.2 Å². The Hall–Kier alpha value is -3.62. The second kappa shape index (κ2) is 6.60. The monoisotopic (exact) mass is 366 g/mol. The van der Waals surface area contributed by atoms with Crippen molar-refractivity contribution in [3.8, 4) is 11.4 Å². The van der Waals surface area contributed by atoms with Gasteiger partial charge in [-0.1, -0.05) is 6.92 Å². The summed E-state index contributed by atoms with van der Waals surface area (Å²) in [7, 11) is 0.